The van der Waals surface area contributed by atoms with Gasteiger partial charge in [0, 0.05) is 12.1 Å². The van der Waals surface area contributed by atoms with Crippen LogP contribution in [-0.4, -0.2) is 25.8 Å². The minimum absolute atomic E-state index is 0.139. The molecular formula is C17H27NO2. The summed E-state index contributed by atoms with van der Waals surface area (Å²) in [6.45, 7) is 10.1. The van der Waals surface area contributed by atoms with Gasteiger partial charge in [-0.15, -0.1) is 0 Å². The van der Waals surface area contributed by atoms with Gasteiger partial charge in [-0.1, -0.05) is 25.1 Å². The van der Waals surface area contributed by atoms with Gasteiger partial charge in [0.2, 0.25) is 0 Å². The Balaban J connectivity index is 2.65. The molecule has 0 saturated heterocycles. The zero-order valence-corrected chi connectivity index (χ0v) is 13.3. The van der Waals surface area contributed by atoms with Crippen molar-refractivity contribution in [2.24, 2.45) is 0 Å². The van der Waals surface area contributed by atoms with Crippen LogP contribution in [-0.2, 0) is 0 Å². The average molecular weight is 277 g/mol. The third-order valence-electron chi connectivity index (χ3n) is 2.71. The fraction of sp³-hybridized carbons (Fsp3) is 0.529. The molecule has 0 fully saturated rings. The molecule has 0 aliphatic heterocycles. The monoisotopic (exact) mass is 277 g/mol. The lowest BCUT2D eigenvalue weighted by Gasteiger charge is -2.18. The van der Waals surface area contributed by atoms with Crippen molar-refractivity contribution in [2.45, 2.75) is 39.7 Å². The second-order valence-electron chi connectivity index (χ2n) is 5.79. The largest absolute Gasteiger partial charge is 0.493 e. The van der Waals surface area contributed by atoms with Crippen LogP contribution < -0.4 is 14.8 Å². The minimum atomic E-state index is 0.139. The molecule has 0 aromatic heterocycles. The van der Waals surface area contributed by atoms with Crippen molar-refractivity contribution in [3.63, 3.8) is 0 Å². The van der Waals surface area contributed by atoms with Crippen LogP contribution in [0.3, 0.4) is 0 Å². The average Bonchev–Trinajstić information content (AvgIpc) is 2.40. The normalized spacial score (nSPS) is 11.8. The summed E-state index contributed by atoms with van der Waals surface area (Å²) in [7, 11) is 1.67. The maximum atomic E-state index is 5.64. The molecule has 0 spiro atoms. The Morgan fingerprint density at radius 3 is 2.55 bits per heavy atom. The summed E-state index contributed by atoms with van der Waals surface area (Å²) < 4.78 is 11.0. The van der Waals surface area contributed by atoms with E-state index in [0.29, 0.717) is 6.61 Å². The summed E-state index contributed by atoms with van der Waals surface area (Å²) in [5.41, 5.74) is 1.25. The lowest BCUT2D eigenvalue weighted by molar-refractivity contribution is 0.294. The van der Waals surface area contributed by atoms with Gasteiger partial charge >= 0.3 is 0 Å². The number of ether oxygens (including phenoxy) is 2. The summed E-state index contributed by atoms with van der Waals surface area (Å²) in [5.74, 6) is 1.59. The molecule has 3 heteroatoms. The third-order valence-corrected chi connectivity index (χ3v) is 2.71. The first-order valence-corrected chi connectivity index (χ1v) is 7.18. The molecule has 1 aromatic rings. The van der Waals surface area contributed by atoms with Crippen molar-refractivity contribution in [1.29, 1.82) is 0 Å². The first-order chi connectivity index (χ1) is 9.46. The van der Waals surface area contributed by atoms with E-state index in [2.05, 4.69) is 45.2 Å². The van der Waals surface area contributed by atoms with E-state index >= 15 is 0 Å². The van der Waals surface area contributed by atoms with E-state index in [1.165, 1.54) is 0 Å². The van der Waals surface area contributed by atoms with Gasteiger partial charge in [-0.3, -0.25) is 0 Å². The Morgan fingerprint density at radius 1 is 1.20 bits per heavy atom. The second kappa shape index (κ2) is 7.95. The highest BCUT2D eigenvalue weighted by atomic mass is 16.5. The van der Waals surface area contributed by atoms with Crippen LogP contribution in [0.1, 0.15) is 39.7 Å². The molecule has 0 unspecified atom stereocenters. The standard InChI is InChI=1S/C17H27NO2/c1-6-12-20-15-10-9-14(13-16(15)19-5)8-7-11-18-17(2,3)4/h7-10,13,18H,6,11-12H2,1-5H3. The molecule has 20 heavy (non-hydrogen) atoms. The van der Waals surface area contributed by atoms with Crippen molar-refractivity contribution < 1.29 is 9.47 Å². The van der Waals surface area contributed by atoms with Crippen molar-refractivity contribution in [1.82, 2.24) is 5.32 Å². The van der Waals surface area contributed by atoms with E-state index in [-0.39, 0.29) is 5.54 Å². The van der Waals surface area contributed by atoms with Crippen LogP contribution in [0.15, 0.2) is 24.3 Å². The molecule has 0 atom stereocenters. The van der Waals surface area contributed by atoms with Gasteiger partial charge in [-0.25, -0.2) is 0 Å². The van der Waals surface area contributed by atoms with E-state index in [9.17, 15) is 0 Å². The number of methoxy groups -OCH3 is 1. The fourth-order valence-corrected chi connectivity index (χ4v) is 1.68. The summed E-state index contributed by atoms with van der Waals surface area (Å²) in [6.07, 6.45) is 5.20. The molecule has 1 N–H and O–H groups in total. The van der Waals surface area contributed by atoms with Crippen LogP contribution in [0, 0.1) is 0 Å². The van der Waals surface area contributed by atoms with Gasteiger partial charge in [-0.2, -0.15) is 0 Å². The molecule has 0 heterocycles. The summed E-state index contributed by atoms with van der Waals surface area (Å²) in [5, 5.41) is 3.42. The zero-order chi connectivity index (χ0) is 15.0. The maximum Gasteiger partial charge on any atom is 0.161 e. The highest BCUT2D eigenvalue weighted by Crippen LogP contribution is 2.28. The van der Waals surface area contributed by atoms with E-state index < -0.39 is 0 Å². The van der Waals surface area contributed by atoms with Crippen molar-refractivity contribution in [3.8, 4) is 11.5 Å². The smallest absolute Gasteiger partial charge is 0.161 e. The fourth-order valence-electron chi connectivity index (χ4n) is 1.68. The Morgan fingerprint density at radius 2 is 1.95 bits per heavy atom. The van der Waals surface area contributed by atoms with Crippen molar-refractivity contribution >= 4 is 6.08 Å². The molecule has 0 bridgehead atoms. The molecule has 0 radical (unpaired) electrons. The summed E-state index contributed by atoms with van der Waals surface area (Å²) in [6, 6.07) is 6.00. The van der Waals surface area contributed by atoms with Gasteiger partial charge in [0.1, 0.15) is 0 Å². The lowest BCUT2D eigenvalue weighted by atomic mass is 10.1. The Hall–Kier alpha value is -1.48. The minimum Gasteiger partial charge on any atom is -0.493 e. The molecule has 0 aliphatic carbocycles. The van der Waals surface area contributed by atoms with Crippen molar-refractivity contribution in [2.75, 3.05) is 20.3 Å². The number of benzene rings is 1. The van der Waals surface area contributed by atoms with E-state index in [1.807, 2.05) is 18.2 Å². The lowest BCUT2D eigenvalue weighted by Crippen LogP contribution is -2.35. The molecule has 0 amide bonds. The van der Waals surface area contributed by atoms with Gasteiger partial charge in [0.15, 0.2) is 11.5 Å². The Labute approximate surface area is 123 Å². The molecule has 0 saturated carbocycles. The van der Waals surface area contributed by atoms with Crippen LogP contribution >= 0.6 is 0 Å². The molecular weight excluding hydrogens is 250 g/mol. The first-order valence-electron chi connectivity index (χ1n) is 7.18. The van der Waals surface area contributed by atoms with Crippen LogP contribution in [0.4, 0.5) is 0 Å². The van der Waals surface area contributed by atoms with Crippen LogP contribution in [0.5, 0.6) is 11.5 Å². The number of hydrogen-bond donors (Lipinski definition) is 1. The van der Waals surface area contributed by atoms with Crippen LogP contribution in [0.2, 0.25) is 0 Å². The molecule has 3 nitrogen and oxygen atoms in total. The highest BCUT2D eigenvalue weighted by Gasteiger charge is 2.06. The third kappa shape index (κ3) is 6.11. The van der Waals surface area contributed by atoms with E-state index in [1.54, 1.807) is 7.11 Å². The van der Waals surface area contributed by atoms with Gasteiger partial charge in [0.05, 0.1) is 13.7 Å². The summed E-state index contributed by atoms with van der Waals surface area (Å²) in [4.78, 5) is 0. The van der Waals surface area contributed by atoms with E-state index in [0.717, 1.165) is 30.0 Å². The van der Waals surface area contributed by atoms with E-state index in [4.69, 9.17) is 9.47 Å². The number of hydrogen-bond acceptors (Lipinski definition) is 3. The SMILES string of the molecule is CCCOc1ccc(C=CCNC(C)(C)C)cc1OC. The first kappa shape index (κ1) is 16.6. The summed E-state index contributed by atoms with van der Waals surface area (Å²) >= 11 is 0. The van der Waals surface area contributed by atoms with Gasteiger partial charge in [0.25, 0.3) is 0 Å². The molecule has 1 rings (SSSR count). The maximum absolute atomic E-state index is 5.64. The number of rotatable bonds is 7. The molecule has 1 aromatic carbocycles. The highest BCUT2D eigenvalue weighted by molar-refractivity contribution is 5.56. The predicted octanol–water partition coefficient (Wildman–Crippen LogP) is 3.89. The zero-order valence-electron chi connectivity index (χ0n) is 13.3. The molecule has 0 aliphatic rings. The predicted molar refractivity (Wildman–Crippen MR) is 85.6 cm³/mol. The quantitative estimate of drug-likeness (QED) is 0.820. The Bertz CT molecular complexity index is 433. The Kier molecular flexibility index (Phi) is 6.59. The van der Waals surface area contributed by atoms with Gasteiger partial charge < -0.3 is 14.8 Å². The second-order valence-corrected chi connectivity index (χ2v) is 5.79. The number of nitrogens with one attached hydrogen (secondary N) is 1. The van der Waals surface area contributed by atoms with Gasteiger partial charge in [-0.05, 0) is 44.9 Å². The van der Waals surface area contributed by atoms with Crippen LogP contribution in [0.25, 0.3) is 6.08 Å². The molecule has 112 valence electrons. The topological polar surface area (TPSA) is 30.5 Å². The van der Waals surface area contributed by atoms with Crippen molar-refractivity contribution in [3.05, 3.63) is 29.8 Å².